The quantitative estimate of drug-likeness (QED) is 0.472. The Balaban J connectivity index is 1.72. The van der Waals surface area contributed by atoms with Crippen LogP contribution >= 0.6 is 22.9 Å². The molecule has 1 aliphatic rings. The standard InChI is InChI=1S/C19H22ClN3O5S2/c1-13-5-8-18(29-13)30(27,28)22-9-3-4-14(12-22)19(24)21(2)11-15-10-16(23(25)26)6-7-17(15)20/h5-8,10,14H,3-4,9,11-12H2,1-2H3. The molecule has 2 aromatic rings. The summed E-state index contributed by atoms with van der Waals surface area (Å²) in [6.45, 7) is 2.45. The molecule has 162 valence electrons. The van der Waals surface area contributed by atoms with E-state index in [2.05, 4.69) is 0 Å². The predicted octanol–water partition coefficient (Wildman–Crippen LogP) is 3.68. The van der Waals surface area contributed by atoms with Gasteiger partial charge in [0.05, 0.1) is 10.8 Å². The summed E-state index contributed by atoms with van der Waals surface area (Å²) in [5.74, 6) is -0.683. The zero-order chi connectivity index (χ0) is 22.1. The molecule has 3 rings (SSSR count). The molecular formula is C19H22ClN3O5S2. The number of carbonyl (C=O) groups excluding carboxylic acids is 1. The normalized spacial score (nSPS) is 17.6. The molecule has 1 aromatic carbocycles. The van der Waals surface area contributed by atoms with E-state index in [4.69, 9.17) is 11.6 Å². The zero-order valence-corrected chi connectivity index (χ0v) is 19.0. The third-order valence-corrected chi connectivity index (χ3v) is 8.77. The van der Waals surface area contributed by atoms with Crippen LogP contribution in [-0.2, 0) is 21.4 Å². The summed E-state index contributed by atoms with van der Waals surface area (Å²) in [5, 5.41) is 11.3. The third-order valence-electron chi connectivity index (χ3n) is 5.07. The van der Waals surface area contributed by atoms with Crippen molar-refractivity contribution in [1.29, 1.82) is 0 Å². The van der Waals surface area contributed by atoms with E-state index in [1.807, 2.05) is 6.92 Å². The van der Waals surface area contributed by atoms with E-state index < -0.39 is 20.9 Å². The Kier molecular flexibility index (Phi) is 6.81. The highest BCUT2D eigenvalue weighted by molar-refractivity contribution is 7.91. The first-order valence-electron chi connectivity index (χ1n) is 9.34. The topological polar surface area (TPSA) is 101 Å². The van der Waals surface area contributed by atoms with E-state index in [9.17, 15) is 23.3 Å². The van der Waals surface area contributed by atoms with Crippen LogP contribution in [0.3, 0.4) is 0 Å². The Bertz CT molecular complexity index is 1070. The monoisotopic (exact) mass is 471 g/mol. The van der Waals surface area contributed by atoms with Gasteiger partial charge in [0.15, 0.2) is 0 Å². The molecule has 0 bridgehead atoms. The molecule has 0 radical (unpaired) electrons. The van der Waals surface area contributed by atoms with Gasteiger partial charge in [-0.15, -0.1) is 11.3 Å². The second-order valence-corrected chi connectivity index (χ2v) is 11.2. The van der Waals surface area contributed by atoms with Gasteiger partial charge in [-0.1, -0.05) is 11.6 Å². The number of amides is 1. The Morgan fingerprint density at radius 3 is 2.73 bits per heavy atom. The summed E-state index contributed by atoms with van der Waals surface area (Å²) >= 11 is 7.36. The van der Waals surface area contributed by atoms with Gasteiger partial charge in [-0.3, -0.25) is 14.9 Å². The largest absolute Gasteiger partial charge is 0.341 e. The van der Waals surface area contributed by atoms with Crippen molar-refractivity contribution in [3.05, 3.63) is 55.9 Å². The molecule has 0 saturated carbocycles. The number of carbonyl (C=O) groups is 1. The summed E-state index contributed by atoms with van der Waals surface area (Å²) in [6, 6.07) is 7.45. The number of nitro groups is 1. The van der Waals surface area contributed by atoms with Crippen molar-refractivity contribution < 1.29 is 18.1 Å². The van der Waals surface area contributed by atoms with Crippen LogP contribution in [-0.4, -0.2) is 48.6 Å². The minimum absolute atomic E-state index is 0.101. The highest BCUT2D eigenvalue weighted by atomic mass is 35.5. The van der Waals surface area contributed by atoms with Crippen molar-refractivity contribution in [1.82, 2.24) is 9.21 Å². The van der Waals surface area contributed by atoms with Crippen LogP contribution < -0.4 is 0 Å². The van der Waals surface area contributed by atoms with Crippen LogP contribution in [0.15, 0.2) is 34.5 Å². The van der Waals surface area contributed by atoms with Crippen molar-refractivity contribution in [2.24, 2.45) is 5.92 Å². The summed E-state index contributed by atoms with van der Waals surface area (Å²) in [5.41, 5.74) is 0.368. The second kappa shape index (κ2) is 9.01. The van der Waals surface area contributed by atoms with Gasteiger partial charge in [0.25, 0.3) is 15.7 Å². The number of non-ortho nitro benzene ring substituents is 1. The van der Waals surface area contributed by atoms with E-state index in [0.29, 0.717) is 30.0 Å². The third kappa shape index (κ3) is 4.83. The van der Waals surface area contributed by atoms with Crippen LogP contribution in [0.2, 0.25) is 5.02 Å². The molecule has 30 heavy (non-hydrogen) atoms. The Hall–Kier alpha value is -2.01. The molecule has 0 spiro atoms. The lowest BCUT2D eigenvalue weighted by Crippen LogP contribution is -2.45. The number of benzene rings is 1. The lowest BCUT2D eigenvalue weighted by molar-refractivity contribution is -0.384. The summed E-state index contributed by atoms with van der Waals surface area (Å²) in [4.78, 5) is 25.8. The van der Waals surface area contributed by atoms with Crippen LogP contribution in [0.5, 0.6) is 0 Å². The summed E-state index contributed by atoms with van der Waals surface area (Å²) in [6.07, 6.45) is 1.17. The zero-order valence-electron chi connectivity index (χ0n) is 16.6. The Morgan fingerprint density at radius 1 is 1.37 bits per heavy atom. The maximum absolute atomic E-state index is 13.0. The van der Waals surface area contributed by atoms with Crippen molar-refractivity contribution in [3.63, 3.8) is 0 Å². The van der Waals surface area contributed by atoms with E-state index in [1.54, 1.807) is 19.2 Å². The number of nitrogens with zero attached hydrogens (tertiary/aromatic N) is 3. The van der Waals surface area contributed by atoms with E-state index in [1.165, 1.54) is 38.7 Å². The van der Waals surface area contributed by atoms with Crippen molar-refractivity contribution in [2.45, 2.75) is 30.5 Å². The molecule has 1 fully saturated rings. The van der Waals surface area contributed by atoms with E-state index >= 15 is 0 Å². The molecule has 1 amide bonds. The lowest BCUT2D eigenvalue weighted by atomic mass is 9.98. The first-order chi connectivity index (χ1) is 14.1. The van der Waals surface area contributed by atoms with Gasteiger partial charge in [0.1, 0.15) is 4.21 Å². The SMILES string of the molecule is Cc1ccc(S(=O)(=O)N2CCCC(C(=O)N(C)Cc3cc([N+](=O)[O-])ccc3Cl)C2)s1. The number of thiophene rings is 1. The molecule has 11 heteroatoms. The minimum Gasteiger partial charge on any atom is -0.341 e. The Labute approximate surface area is 184 Å². The smallest absolute Gasteiger partial charge is 0.269 e. The molecule has 0 aliphatic carbocycles. The van der Waals surface area contributed by atoms with Gasteiger partial charge >= 0.3 is 0 Å². The number of hydrogen-bond donors (Lipinski definition) is 0. The number of nitro benzene ring substituents is 1. The fourth-order valence-corrected chi connectivity index (χ4v) is 6.62. The number of piperidine rings is 1. The molecule has 1 aromatic heterocycles. The fourth-order valence-electron chi connectivity index (χ4n) is 3.48. The molecule has 2 heterocycles. The number of rotatable bonds is 6. The number of sulfonamides is 1. The fraction of sp³-hybridized carbons (Fsp3) is 0.421. The van der Waals surface area contributed by atoms with Crippen LogP contribution in [0.25, 0.3) is 0 Å². The first-order valence-corrected chi connectivity index (χ1v) is 12.0. The molecule has 1 unspecified atom stereocenters. The van der Waals surface area contributed by atoms with Gasteiger partial charge in [-0.2, -0.15) is 4.31 Å². The first kappa shape index (κ1) is 22.7. The predicted molar refractivity (Wildman–Crippen MR) is 115 cm³/mol. The van der Waals surface area contributed by atoms with Gasteiger partial charge in [0, 0.05) is 48.7 Å². The average molecular weight is 472 g/mol. The highest BCUT2D eigenvalue weighted by Gasteiger charge is 2.35. The molecule has 0 N–H and O–H groups in total. The molecular weight excluding hydrogens is 450 g/mol. The van der Waals surface area contributed by atoms with Crippen LogP contribution in [0.1, 0.15) is 23.3 Å². The summed E-state index contributed by atoms with van der Waals surface area (Å²) < 4.78 is 27.5. The molecule has 1 saturated heterocycles. The van der Waals surface area contributed by atoms with Gasteiger partial charge in [-0.05, 0) is 43.5 Å². The van der Waals surface area contributed by atoms with Crippen molar-refractivity contribution in [2.75, 3.05) is 20.1 Å². The minimum atomic E-state index is -3.63. The number of aryl methyl sites for hydroxylation is 1. The second-order valence-electron chi connectivity index (χ2n) is 7.29. The van der Waals surface area contributed by atoms with E-state index in [-0.39, 0.29) is 28.9 Å². The van der Waals surface area contributed by atoms with Gasteiger partial charge in [0.2, 0.25) is 5.91 Å². The lowest BCUT2D eigenvalue weighted by Gasteiger charge is -2.33. The number of hydrogen-bond acceptors (Lipinski definition) is 6. The molecule has 1 atom stereocenters. The van der Waals surface area contributed by atoms with Gasteiger partial charge in [-0.25, -0.2) is 8.42 Å². The Morgan fingerprint density at radius 2 is 2.10 bits per heavy atom. The van der Waals surface area contributed by atoms with Crippen molar-refractivity contribution >= 4 is 44.6 Å². The maximum Gasteiger partial charge on any atom is 0.269 e. The van der Waals surface area contributed by atoms with E-state index in [0.717, 1.165) is 4.88 Å². The summed E-state index contributed by atoms with van der Waals surface area (Å²) in [7, 11) is -2.04. The highest BCUT2D eigenvalue weighted by Crippen LogP contribution is 2.29. The molecule has 8 nitrogen and oxygen atoms in total. The van der Waals surface area contributed by atoms with Crippen LogP contribution in [0.4, 0.5) is 5.69 Å². The van der Waals surface area contributed by atoms with Crippen LogP contribution in [0, 0.1) is 23.0 Å². The van der Waals surface area contributed by atoms with Crippen molar-refractivity contribution in [3.8, 4) is 0 Å². The molecule has 1 aliphatic heterocycles. The van der Waals surface area contributed by atoms with Gasteiger partial charge < -0.3 is 4.90 Å². The number of halogens is 1. The average Bonchev–Trinajstić information content (AvgIpc) is 3.16. The maximum atomic E-state index is 13.0.